The van der Waals surface area contributed by atoms with E-state index in [9.17, 15) is 14.4 Å². The van der Waals surface area contributed by atoms with Gasteiger partial charge in [0.25, 0.3) is 5.91 Å². The van der Waals surface area contributed by atoms with Crippen LogP contribution >= 0.6 is 0 Å². The Balaban J connectivity index is 2.62. The Hall–Kier alpha value is -2.37. The lowest BCUT2D eigenvalue weighted by atomic mass is 9.95. The van der Waals surface area contributed by atoms with E-state index in [1.54, 1.807) is 36.9 Å². The van der Waals surface area contributed by atoms with Crippen LogP contribution in [0.25, 0.3) is 0 Å². The minimum atomic E-state index is -0.940. The van der Waals surface area contributed by atoms with Crippen LogP contribution in [0.3, 0.4) is 0 Å². The average molecular weight is 290 g/mol. The molecule has 1 aromatic rings. The summed E-state index contributed by atoms with van der Waals surface area (Å²) in [4.78, 5) is 37.3. The van der Waals surface area contributed by atoms with Crippen molar-refractivity contribution >= 4 is 23.3 Å². The second-order valence-corrected chi connectivity index (χ2v) is 5.43. The Morgan fingerprint density at radius 2 is 2.00 bits per heavy atom. The molecule has 1 aromatic carbocycles. The highest BCUT2D eigenvalue weighted by Gasteiger charge is 2.42. The third-order valence-corrected chi connectivity index (χ3v) is 3.65. The highest BCUT2D eigenvalue weighted by atomic mass is 16.5. The molecule has 21 heavy (non-hydrogen) atoms. The number of amides is 2. The molecule has 2 rings (SSSR count). The Labute approximate surface area is 123 Å². The van der Waals surface area contributed by atoms with Crippen molar-refractivity contribution < 1.29 is 19.1 Å². The van der Waals surface area contributed by atoms with E-state index in [0.717, 1.165) is 0 Å². The van der Waals surface area contributed by atoms with Crippen molar-refractivity contribution in [3.05, 3.63) is 23.8 Å². The second-order valence-electron chi connectivity index (χ2n) is 5.43. The normalized spacial score (nSPS) is 17.4. The van der Waals surface area contributed by atoms with Crippen molar-refractivity contribution in [2.45, 2.75) is 26.3 Å². The van der Waals surface area contributed by atoms with E-state index in [2.05, 4.69) is 5.32 Å². The number of anilines is 1. The molecule has 1 aliphatic rings. The van der Waals surface area contributed by atoms with Crippen LogP contribution in [0.2, 0.25) is 0 Å². The van der Waals surface area contributed by atoms with Crippen molar-refractivity contribution in [3.63, 3.8) is 0 Å². The molecule has 0 aliphatic carbocycles. The Morgan fingerprint density at radius 1 is 1.33 bits per heavy atom. The Kier molecular flexibility index (Phi) is 3.72. The molecule has 1 N–H and O–H groups in total. The van der Waals surface area contributed by atoms with Gasteiger partial charge in [-0.05, 0) is 32.9 Å². The van der Waals surface area contributed by atoms with E-state index < -0.39 is 17.4 Å². The molecule has 1 heterocycles. The molecule has 112 valence electrons. The maximum Gasteiger partial charge on any atom is 0.251 e. The molecule has 2 amide bonds. The highest BCUT2D eigenvalue weighted by Crippen LogP contribution is 2.34. The van der Waals surface area contributed by atoms with Gasteiger partial charge in [-0.25, -0.2) is 0 Å². The summed E-state index contributed by atoms with van der Waals surface area (Å²) in [6.07, 6.45) is 0. The van der Waals surface area contributed by atoms with Gasteiger partial charge >= 0.3 is 0 Å². The summed E-state index contributed by atoms with van der Waals surface area (Å²) >= 11 is 0. The van der Waals surface area contributed by atoms with E-state index >= 15 is 0 Å². The number of hydrogen-bond donors (Lipinski definition) is 1. The molecule has 0 radical (unpaired) electrons. The predicted octanol–water partition coefficient (Wildman–Crippen LogP) is 1.14. The lowest BCUT2D eigenvalue weighted by Crippen LogP contribution is -2.64. The van der Waals surface area contributed by atoms with E-state index in [-0.39, 0.29) is 12.3 Å². The molecular formula is C15H18N2O4. The lowest BCUT2D eigenvalue weighted by Gasteiger charge is -2.42. The number of imide groups is 1. The molecular weight excluding hydrogens is 272 g/mol. The number of nitrogens with zero attached hydrogens (tertiary/aromatic N) is 1. The van der Waals surface area contributed by atoms with Crippen LogP contribution in [-0.4, -0.2) is 36.8 Å². The van der Waals surface area contributed by atoms with Gasteiger partial charge in [-0.2, -0.15) is 0 Å². The molecule has 0 bridgehead atoms. The number of rotatable bonds is 3. The number of Topliss-reactive ketones (excluding diaryl/α,β-unsaturated/α-hetero) is 1. The van der Waals surface area contributed by atoms with Crippen LogP contribution in [0.1, 0.15) is 31.1 Å². The van der Waals surface area contributed by atoms with Crippen molar-refractivity contribution in [1.82, 2.24) is 5.32 Å². The van der Waals surface area contributed by atoms with Gasteiger partial charge in [-0.3, -0.25) is 19.7 Å². The first-order chi connectivity index (χ1) is 9.78. The number of nitrogens with one attached hydrogen (secondary N) is 1. The zero-order valence-electron chi connectivity index (χ0n) is 12.5. The molecule has 0 spiro atoms. The highest BCUT2D eigenvalue weighted by molar-refractivity contribution is 6.09. The van der Waals surface area contributed by atoms with Gasteiger partial charge < -0.3 is 9.64 Å². The molecule has 6 nitrogen and oxygen atoms in total. The fraction of sp³-hybridized carbons (Fsp3) is 0.400. The van der Waals surface area contributed by atoms with Gasteiger partial charge in [0.2, 0.25) is 5.91 Å². The van der Waals surface area contributed by atoms with Crippen LogP contribution < -0.4 is 15.0 Å². The molecule has 1 aliphatic heterocycles. The summed E-state index contributed by atoms with van der Waals surface area (Å²) in [6, 6.07) is 5.12. The van der Waals surface area contributed by atoms with Crippen molar-refractivity contribution in [2.24, 2.45) is 0 Å². The van der Waals surface area contributed by atoms with E-state index in [4.69, 9.17) is 4.74 Å². The van der Waals surface area contributed by atoms with Crippen molar-refractivity contribution in [2.75, 3.05) is 18.6 Å². The number of hydrogen-bond acceptors (Lipinski definition) is 5. The summed E-state index contributed by atoms with van der Waals surface area (Å²) in [5.74, 6) is -0.543. The lowest BCUT2D eigenvalue weighted by molar-refractivity contribution is -0.135. The van der Waals surface area contributed by atoms with Crippen molar-refractivity contribution in [1.29, 1.82) is 0 Å². The first kappa shape index (κ1) is 15.0. The minimum Gasteiger partial charge on any atom is -0.496 e. The van der Waals surface area contributed by atoms with Crippen LogP contribution in [0, 0.1) is 0 Å². The van der Waals surface area contributed by atoms with Gasteiger partial charge in [-0.1, -0.05) is 6.07 Å². The third-order valence-electron chi connectivity index (χ3n) is 3.65. The molecule has 0 aromatic heterocycles. The van der Waals surface area contributed by atoms with E-state index in [0.29, 0.717) is 17.0 Å². The number of piperazine rings is 1. The maximum absolute atomic E-state index is 12.1. The molecule has 0 atom stereocenters. The third kappa shape index (κ3) is 2.49. The minimum absolute atomic E-state index is 0.00614. The van der Waals surface area contributed by atoms with E-state index in [1.807, 2.05) is 0 Å². The van der Waals surface area contributed by atoms with Gasteiger partial charge in [0.1, 0.15) is 11.3 Å². The first-order valence-electron chi connectivity index (χ1n) is 6.59. The topological polar surface area (TPSA) is 75.7 Å². The Bertz CT molecular complexity index is 622. The summed E-state index contributed by atoms with van der Waals surface area (Å²) in [7, 11) is 1.48. The summed E-state index contributed by atoms with van der Waals surface area (Å²) in [6.45, 7) is 4.85. The standard InChI is InChI=1S/C15H18N2O4/c1-9(18)13-10(6-5-7-11(13)21-4)17-8-12(19)16-14(20)15(17,2)3/h5-7H,8H2,1-4H3,(H,16,19,20). The van der Waals surface area contributed by atoms with Crippen LogP contribution in [0.5, 0.6) is 5.75 Å². The number of carbonyl (C=O) groups is 3. The monoisotopic (exact) mass is 290 g/mol. The molecule has 1 fully saturated rings. The molecule has 1 saturated heterocycles. The largest absolute Gasteiger partial charge is 0.496 e. The number of methoxy groups -OCH3 is 1. The van der Waals surface area contributed by atoms with Gasteiger partial charge in [-0.15, -0.1) is 0 Å². The fourth-order valence-corrected chi connectivity index (χ4v) is 2.44. The average Bonchev–Trinajstić information content (AvgIpc) is 2.42. The van der Waals surface area contributed by atoms with Gasteiger partial charge in [0.15, 0.2) is 5.78 Å². The summed E-state index contributed by atoms with van der Waals surface area (Å²) in [5, 5.41) is 2.31. The quantitative estimate of drug-likeness (QED) is 0.667. The van der Waals surface area contributed by atoms with Gasteiger partial charge in [0, 0.05) is 0 Å². The first-order valence-corrected chi connectivity index (χ1v) is 6.59. The molecule has 0 unspecified atom stereocenters. The molecule has 6 heteroatoms. The second kappa shape index (κ2) is 5.20. The number of carbonyl (C=O) groups excluding carboxylic acids is 3. The van der Waals surface area contributed by atoms with Crippen molar-refractivity contribution in [3.8, 4) is 5.75 Å². The maximum atomic E-state index is 12.1. The Morgan fingerprint density at radius 3 is 2.57 bits per heavy atom. The summed E-state index contributed by atoms with van der Waals surface area (Å²) in [5.41, 5.74) is -0.0459. The number of ether oxygens (including phenoxy) is 1. The summed E-state index contributed by atoms with van der Waals surface area (Å²) < 4.78 is 5.23. The zero-order chi connectivity index (χ0) is 15.8. The van der Waals surface area contributed by atoms with E-state index in [1.165, 1.54) is 14.0 Å². The van der Waals surface area contributed by atoms with Crippen LogP contribution in [0.15, 0.2) is 18.2 Å². The van der Waals surface area contributed by atoms with Crippen LogP contribution in [-0.2, 0) is 9.59 Å². The van der Waals surface area contributed by atoms with Gasteiger partial charge in [0.05, 0.1) is 24.9 Å². The predicted molar refractivity (Wildman–Crippen MR) is 77.6 cm³/mol. The number of benzene rings is 1. The number of ketones is 1. The SMILES string of the molecule is COc1cccc(N2CC(=O)NC(=O)C2(C)C)c1C(C)=O. The smallest absolute Gasteiger partial charge is 0.251 e. The zero-order valence-corrected chi connectivity index (χ0v) is 12.5. The van der Waals surface area contributed by atoms with Crippen LogP contribution in [0.4, 0.5) is 5.69 Å². The molecule has 0 saturated carbocycles. The fourth-order valence-electron chi connectivity index (χ4n) is 2.44.